The number of aryl methyl sites for hydroxylation is 1. The van der Waals surface area contributed by atoms with Gasteiger partial charge in [-0.3, -0.25) is 4.79 Å². The SMILES string of the molecule is C[C@H](OC(=O)c1ccc(COc2ccccc2)o1)C(=O)N[C@H]1CCCc2ccccc21. The summed E-state index contributed by atoms with van der Waals surface area (Å²) in [6.07, 6.45) is 1.96. The summed E-state index contributed by atoms with van der Waals surface area (Å²) in [4.78, 5) is 25.0. The fraction of sp³-hybridized carbons (Fsp3) is 0.280. The Morgan fingerprint density at radius 2 is 1.84 bits per heavy atom. The molecule has 0 saturated carbocycles. The molecule has 0 spiro atoms. The van der Waals surface area contributed by atoms with Crippen molar-refractivity contribution in [1.29, 1.82) is 0 Å². The summed E-state index contributed by atoms with van der Waals surface area (Å²) in [6, 6.07) is 20.5. The minimum absolute atomic E-state index is 0.0364. The first kappa shape index (κ1) is 20.7. The molecule has 1 aromatic heterocycles. The van der Waals surface area contributed by atoms with Crippen LogP contribution in [0.1, 0.15) is 53.2 Å². The predicted molar refractivity (Wildman–Crippen MR) is 115 cm³/mol. The van der Waals surface area contributed by atoms with Crippen LogP contribution in [0.2, 0.25) is 0 Å². The molecule has 0 radical (unpaired) electrons. The number of hydrogen-bond acceptors (Lipinski definition) is 5. The van der Waals surface area contributed by atoms with Crippen molar-refractivity contribution >= 4 is 11.9 Å². The van der Waals surface area contributed by atoms with Crippen LogP contribution in [0.4, 0.5) is 0 Å². The van der Waals surface area contributed by atoms with Gasteiger partial charge in [0.1, 0.15) is 18.1 Å². The second kappa shape index (κ2) is 9.51. The second-order valence-corrected chi connectivity index (χ2v) is 7.57. The normalized spacial score (nSPS) is 16.1. The van der Waals surface area contributed by atoms with E-state index in [1.807, 2.05) is 48.5 Å². The van der Waals surface area contributed by atoms with E-state index in [2.05, 4.69) is 11.4 Å². The first-order chi connectivity index (χ1) is 15.1. The zero-order valence-corrected chi connectivity index (χ0v) is 17.4. The van der Waals surface area contributed by atoms with E-state index in [4.69, 9.17) is 13.9 Å². The Morgan fingerprint density at radius 1 is 1.06 bits per heavy atom. The Labute approximate surface area is 181 Å². The molecular formula is C25H25NO5. The van der Waals surface area contributed by atoms with Crippen molar-refractivity contribution < 1.29 is 23.5 Å². The van der Waals surface area contributed by atoms with Crippen LogP contribution in [-0.2, 0) is 22.6 Å². The average Bonchev–Trinajstić information content (AvgIpc) is 3.28. The Kier molecular flexibility index (Phi) is 6.36. The van der Waals surface area contributed by atoms with Crippen molar-refractivity contribution in [3.05, 3.63) is 89.4 Å². The summed E-state index contributed by atoms with van der Waals surface area (Å²) >= 11 is 0. The first-order valence-corrected chi connectivity index (χ1v) is 10.5. The largest absolute Gasteiger partial charge is 0.486 e. The molecule has 1 aliphatic carbocycles. The van der Waals surface area contributed by atoms with E-state index in [-0.39, 0.29) is 24.3 Å². The van der Waals surface area contributed by atoms with Crippen LogP contribution < -0.4 is 10.1 Å². The van der Waals surface area contributed by atoms with Gasteiger partial charge in [-0.05, 0) is 61.6 Å². The molecular weight excluding hydrogens is 394 g/mol. The molecule has 0 saturated heterocycles. The number of nitrogens with one attached hydrogen (secondary N) is 1. The Morgan fingerprint density at radius 3 is 2.68 bits per heavy atom. The Hall–Kier alpha value is -3.54. The molecule has 1 aliphatic rings. The number of furan rings is 1. The molecule has 2 atom stereocenters. The third-order valence-electron chi connectivity index (χ3n) is 5.33. The van der Waals surface area contributed by atoms with Gasteiger partial charge in [0.05, 0.1) is 6.04 Å². The molecule has 160 valence electrons. The monoisotopic (exact) mass is 419 g/mol. The van der Waals surface area contributed by atoms with Crippen LogP contribution in [0.25, 0.3) is 0 Å². The molecule has 31 heavy (non-hydrogen) atoms. The third kappa shape index (κ3) is 5.15. The summed E-state index contributed by atoms with van der Waals surface area (Å²) in [5, 5.41) is 3.01. The number of esters is 1. The zero-order valence-electron chi connectivity index (χ0n) is 17.4. The summed E-state index contributed by atoms with van der Waals surface area (Å²) in [5.74, 6) is 0.227. The molecule has 1 amide bonds. The van der Waals surface area contributed by atoms with Gasteiger partial charge >= 0.3 is 5.97 Å². The number of hydrogen-bond donors (Lipinski definition) is 1. The van der Waals surface area contributed by atoms with Crippen molar-refractivity contribution in [3.63, 3.8) is 0 Å². The fourth-order valence-electron chi connectivity index (χ4n) is 3.70. The van der Waals surface area contributed by atoms with E-state index in [1.54, 1.807) is 13.0 Å². The third-order valence-corrected chi connectivity index (χ3v) is 5.33. The molecule has 6 nitrogen and oxygen atoms in total. The quantitative estimate of drug-likeness (QED) is 0.567. The number of fused-ring (bicyclic) bond motifs is 1. The van der Waals surface area contributed by atoms with Crippen LogP contribution in [0.3, 0.4) is 0 Å². The molecule has 0 aliphatic heterocycles. The summed E-state index contributed by atoms with van der Waals surface area (Å²) in [7, 11) is 0. The molecule has 1 heterocycles. The Bertz CT molecular complexity index is 1040. The van der Waals surface area contributed by atoms with Gasteiger partial charge in [0.2, 0.25) is 5.76 Å². The number of rotatable bonds is 7. The topological polar surface area (TPSA) is 77.8 Å². The summed E-state index contributed by atoms with van der Waals surface area (Å²) in [6.45, 7) is 1.75. The van der Waals surface area contributed by atoms with Crippen LogP contribution in [-0.4, -0.2) is 18.0 Å². The van der Waals surface area contributed by atoms with Gasteiger partial charge in [-0.25, -0.2) is 4.79 Å². The summed E-state index contributed by atoms with van der Waals surface area (Å²) < 4.78 is 16.4. The van der Waals surface area contributed by atoms with E-state index >= 15 is 0 Å². The minimum Gasteiger partial charge on any atom is -0.486 e. The number of carbonyl (C=O) groups is 2. The molecule has 3 aromatic rings. The predicted octanol–water partition coefficient (Wildman–Crippen LogP) is 4.60. The van der Waals surface area contributed by atoms with Crippen LogP contribution >= 0.6 is 0 Å². The van der Waals surface area contributed by atoms with Crippen molar-refractivity contribution in [1.82, 2.24) is 5.32 Å². The molecule has 4 rings (SSSR count). The number of amides is 1. The lowest BCUT2D eigenvalue weighted by atomic mass is 9.87. The standard InChI is InChI=1S/C25H25NO5/c1-17(24(27)26-22-13-7-9-18-8-5-6-12-21(18)22)30-25(28)23-15-14-20(31-23)16-29-19-10-3-2-4-11-19/h2-6,8,10-12,14-15,17,22H,7,9,13,16H2,1H3,(H,26,27)/t17-,22-/m0/s1. The lowest BCUT2D eigenvalue weighted by Gasteiger charge is -2.27. The first-order valence-electron chi connectivity index (χ1n) is 10.5. The van der Waals surface area contributed by atoms with E-state index in [0.29, 0.717) is 11.5 Å². The van der Waals surface area contributed by atoms with Crippen LogP contribution in [0.15, 0.2) is 71.1 Å². The highest BCUT2D eigenvalue weighted by atomic mass is 16.6. The average molecular weight is 419 g/mol. The molecule has 2 aromatic carbocycles. The van der Waals surface area contributed by atoms with Gasteiger partial charge < -0.3 is 19.2 Å². The zero-order chi connectivity index (χ0) is 21.6. The Balaban J connectivity index is 1.30. The van der Waals surface area contributed by atoms with Crippen molar-refractivity contribution in [2.45, 2.75) is 44.9 Å². The lowest BCUT2D eigenvalue weighted by molar-refractivity contribution is -0.130. The van der Waals surface area contributed by atoms with Gasteiger partial charge in [0.25, 0.3) is 5.91 Å². The van der Waals surface area contributed by atoms with Gasteiger partial charge in [-0.1, -0.05) is 42.5 Å². The van der Waals surface area contributed by atoms with Gasteiger partial charge in [0, 0.05) is 0 Å². The maximum Gasteiger partial charge on any atom is 0.375 e. The van der Waals surface area contributed by atoms with Crippen LogP contribution in [0, 0.1) is 0 Å². The van der Waals surface area contributed by atoms with Crippen molar-refractivity contribution in [2.24, 2.45) is 0 Å². The van der Waals surface area contributed by atoms with E-state index < -0.39 is 12.1 Å². The van der Waals surface area contributed by atoms with Crippen molar-refractivity contribution in [2.75, 3.05) is 0 Å². The fourth-order valence-corrected chi connectivity index (χ4v) is 3.70. The molecule has 0 unspecified atom stereocenters. The highest BCUT2D eigenvalue weighted by molar-refractivity contribution is 5.90. The minimum atomic E-state index is -0.935. The highest BCUT2D eigenvalue weighted by Gasteiger charge is 2.26. The number of para-hydroxylation sites is 1. The van der Waals surface area contributed by atoms with E-state index in [1.165, 1.54) is 11.6 Å². The van der Waals surface area contributed by atoms with Crippen molar-refractivity contribution in [3.8, 4) is 5.75 Å². The van der Waals surface area contributed by atoms with Gasteiger partial charge in [-0.15, -0.1) is 0 Å². The molecule has 1 N–H and O–H groups in total. The highest BCUT2D eigenvalue weighted by Crippen LogP contribution is 2.29. The van der Waals surface area contributed by atoms with Gasteiger partial charge in [-0.2, -0.15) is 0 Å². The number of ether oxygens (including phenoxy) is 2. The summed E-state index contributed by atoms with van der Waals surface area (Å²) in [5.41, 5.74) is 2.39. The maximum absolute atomic E-state index is 12.6. The molecule has 0 bridgehead atoms. The number of benzene rings is 2. The van der Waals surface area contributed by atoms with E-state index in [9.17, 15) is 9.59 Å². The van der Waals surface area contributed by atoms with Crippen LogP contribution in [0.5, 0.6) is 5.75 Å². The second-order valence-electron chi connectivity index (χ2n) is 7.57. The van der Waals surface area contributed by atoms with Gasteiger partial charge in [0.15, 0.2) is 6.10 Å². The van der Waals surface area contributed by atoms with E-state index in [0.717, 1.165) is 24.8 Å². The maximum atomic E-state index is 12.6. The smallest absolute Gasteiger partial charge is 0.375 e. The lowest BCUT2D eigenvalue weighted by Crippen LogP contribution is -2.39. The molecule has 6 heteroatoms. The molecule has 0 fully saturated rings. The number of carbonyl (C=O) groups excluding carboxylic acids is 2.